The quantitative estimate of drug-likeness (QED) is 0.895. The van der Waals surface area contributed by atoms with Gasteiger partial charge in [0.15, 0.2) is 0 Å². The molecule has 0 amide bonds. The summed E-state index contributed by atoms with van der Waals surface area (Å²) in [6, 6.07) is 3.28. The summed E-state index contributed by atoms with van der Waals surface area (Å²) < 4.78 is 40.7. The van der Waals surface area contributed by atoms with Gasteiger partial charge in [-0.1, -0.05) is 25.8 Å². The normalized spacial score (nSPS) is 23.8. The fourth-order valence-corrected chi connectivity index (χ4v) is 4.28. The first-order chi connectivity index (χ1) is 9.44. The minimum absolute atomic E-state index is 0.122. The first-order valence-corrected chi connectivity index (χ1v) is 8.34. The molecular weight excluding hydrogens is 281 g/mol. The average molecular weight is 301 g/mol. The summed E-state index contributed by atoms with van der Waals surface area (Å²) in [6.45, 7) is 1.58. The average Bonchev–Trinajstić information content (AvgIpc) is 2.41. The minimum Gasteiger partial charge on any atom is -0.392 e. The lowest BCUT2D eigenvalue weighted by Gasteiger charge is -2.29. The summed E-state index contributed by atoms with van der Waals surface area (Å²) in [5.41, 5.74) is 0.211. The Kier molecular flexibility index (Phi) is 4.78. The topological polar surface area (TPSA) is 66.4 Å². The van der Waals surface area contributed by atoms with Crippen molar-refractivity contribution in [2.45, 2.75) is 50.2 Å². The van der Waals surface area contributed by atoms with Crippen molar-refractivity contribution in [2.75, 3.05) is 0 Å². The smallest absolute Gasteiger partial charge is 0.241 e. The molecule has 2 N–H and O–H groups in total. The van der Waals surface area contributed by atoms with Gasteiger partial charge in [0.2, 0.25) is 10.0 Å². The van der Waals surface area contributed by atoms with Gasteiger partial charge in [-0.05, 0) is 36.5 Å². The highest BCUT2D eigenvalue weighted by Crippen LogP contribution is 2.26. The van der Waals surface area contributed by atoms with Crippen LogP contribution in [-0.2, 0) is 16.6 Å². The Morgan fingerprint density at radius 1 is 1.35 bits per heavy atom. The van der Waals surface area contributed by atoms with Crippen LogP contribution in [0.2, 0.25) is 0 Å². The van der Waals surface area contributed by atoms with E-state index in [1.807, 2.05) is 6.92 Å². The van der Waals surface area contributed by atoms with Gasteiger partial charge in [-0.15, -0.1) is 0 Å². The number of sulfonamides is 1. The standard InChI is InChI=1S/C14H20FNO3S/c1-10-4-2-3-5-13(10)16-20(18,19)14-8-12(15)7-6-11(14)9-17/h6-8,10,13,16-17H,2-5,9H2,1H3. The monoisotopic (exact) mass is 301 g/mol. The van der Waals surface area contributed by atoms with Crippen molar-refractivity contribution in [3.8, 4) is 0 Å². The molecule has 0 aromatic heterocycles. The summed E-state index contributed by atoms with van der Waals surface area (Å²) in [6.07, 6.45) is 3.89. The molecule has 6 heteroatoms. The SMILES string of the molecule is CC1CCCCC1NS(=O)(=O)c1cc(F)ccc1CO. The molecule has 1 aromatic carbocycles. The van der Waals surface area contributed by atoms with Gasteiger partial charge in [0.1, 0.15) is 5.82 Å². The Labute approximate surface area is 119 Å². The molecule has 4 nitrogen and oxygen atoms in total. The van der Waals surface area contributed by atoms with Crippen LogP contribution >= 0.6 is 0 Å². The van der Waals surface area contributed by atoms with Crippen LogP contribution in [0.5, 0.6) is 0 Å². The Bertz CT molecular complexity index is 574. The Hall–Kier alpha value is -0.980. The molecule has 0 heterocycles. The van der Waals surface area contributed by atoms with Crippen molar-refractivity contribution in [1.29, 1.82) is 0 Å². The molecule has 1 aliphatic rings. The fraction of sp³-hybridized carbons (Fsp3) is 0.571. The Morgan fingerprint density at radius 2 is 2.05 bits per heavy atom. The number of rotatable bonds is 4. The number of aliphatic hydroxyl groups excluding tert-OH is 1. The van der Waals surface area contributed by atoms with Crippen LogP contribution in [-0.4, -0.2) is 19.6 Å². The summed E-state index contributed by atoms with van der Waals surface area (Å²) in [5.74, 6) is -0.357. The van der Waals surface area contributed by atoms with E-state index in [9.17, 15) is 17.9 Å². The van der Waals surface area contributed by atoms with Crippen LogP contribution in [0, 0.1) is 11.7 Å². The Morgan fingerprint density at radius 3 is 2.70 bits per heavy atom. The van der Waals surface area contributed by atoms with Gasteiger partial charge in [0.05, 0.1) is 11.5 Å². The summed E-state index contributed by atoms with van der Waals surface area (Å²) in [7, 11) is -3.81. The molecule has 1 aromatic rings. The predicted molar refractivity (Wildman–Crippen MR) is 74.1 cm³/mol. The highest BCUT2D eigenvalue weighted by atomic mass is 32.2. The molecule has 1 aliphatic carbocycles. The van der Waals surface area contributed by atoms with E-state index in [4.69, 9.17) is 0 Å². The number of halogens is 1. The lowest BCUT2D eigenvalue weighted by atomic mass is 9.87. The number of benzene rings is 1. The van der Waals surface area contributed by atoms with Crippen LogP contribution in [0.25, 0.3) is 0 Å². The highest BCUT2D eigenvalue weighted by molar-refractivity contribution is 7.89. The van der Waals surface area contributed by atoms with Gasteiger partial charge in [0.25, 0.3) is 0 Å². The van der Waals surface area contributed by atoms with E-state index < -0.39 is 22.4 Å². The molecule has 0 aliphatic heterocycles. The van der Waals surface area contributed by atoms with E-state index in [-0.39, 0.29) is 22.4 Å². The molecule has 2 atom stereocenters. The van der Waals surface area contributed by atoms with E-state index in [1.54, 1.807) is 0 Å². The van der Waals surface area contributed by atoms with Gasteiger partial charge in [-0.25, -0.2) is 17.5 Å². The molecular formula is C14H20FNO3S. The maximum absolute atomic E-state index is 13.3. The lowest BCUT2D eigenvalue weighted by Crippen LogP contribution is -2.41. The van der Waals surface area contributed by atoms with Crippen LogP contribution < -0.4 is 4.72 Å². The molecule has 1 saturated carbocycles. The molecule has 112 valence electrons. The van der Waals surface area contributed by atoms with Crippen LogP contribution in [0.15, 0.2) is 23.1 Å². The third-order valence-corrected chi connectivity index (χ3v) is 5.48. The molecule has 0 radical (unpaired) electrons. The lowest BCUT2D eigenvalue weighted by molar-refractivity contribution is 0.277. The zero-order valence-electron chi connectivity index (χ0n) is 11.5. The number of hydrogen-bond acceptors (Lipinski definition) is 3. The summed E-state index contributed by atoms with van der Waals surface area (Å²) in [4.78, 5) is -0.169. The second kappa shape index (κ2) is 6.20. The number of nitrogens with one attached hydrogen (secondary N) is 1. The maximum Gasteiger partial charge on any atom is 0.241 e. The minimum atomic E-state index is -3.81. The third-order valence-electron chi connectivity index (χ3n) is 3.91. The van der Waals surface area contributed by atoms with Crippen LogP contribution in [0.1, 0.15) is 38.2 Å². The number of hydrogen-bond donors (Lipinski definition) is 2. The third kappa shape index (κ3) is 3.37. The second-order valence-corrected chi connectivity index (χ2v) is 7.08. The van der Waals surface area contributed by atoms with E-state index in [1.165, 1.54) is 6.07 Å². The molecule has 20 heavy (non-hydrogen) atoms. The van der Waals surface area contributed by atoms with Crippen molar-refractivity contribution < 1.29 is 17.9 Å². The summed E-state index contributed by atoms with van der Waals surface area (Å²) >= 11 is 0. The van der Waals surface area contributed by atoms with E-state index in [2.05, 4.69) is 4.72 Å². The highest BCUT2D eigenvalue weighted by Gasteiger charge is 2.28. The summed E-state index contributed by atoms with van der Waals surface area (Å²) in [5, 5.41) is 9.22. The zero-order valence-corrected chi connectivity index (χ0v) is 12.3. The van der Waals surface area contributed by atoms with E-state index in [0.29, 0.717) is 0 Å². The van der Waals surface area contributed by atoms with Crippen molar-refractivity contribution in [1.82, 2.24) is 4.72 Å². The van der Waals surface area contributed by atoms with E-state index >= 15 is 0 Å². The number of aliphatic hydroxyl groups is 1. The van der Waals surface area contributed by atoms with Gasteiger partial charge in [-0.2, -0.15) is 0 Å². The van der Waals surface area contributed by atoms with E-state index in [0.717, 1.165) is 37.8 Å². The van der Waals surface area contributed by atoms with Gasteiger partial charge < -0.3 is 5.11 Å². The van der Waals surface area contributed by atoms with Crippen molar-refractivity contribution >= 4 is 10.0 Å². The van der Waals surface area contributed by atoms with Gasteiger partial charge in [-0.3, -0.25) is 0 Å². The first-order valence-electron chi connectivity index (χ1n) is 6.85. The zero-order chi connectivity index (χ0) is 14.8. The van der Waals surface area contributed by atoms with Gasteiger partial charge in [0, 0.05) is 6.04 Å². The fourth-order valence-electron chi connectivity index (χ4n) is 2.66. The Balaban J connectivity index is 2.28. The molecule has 0 bridgehead atoms. The van der Waals surface area contributed by atoms with Crippen molar-refractivity contribution in [3.05, 3.63) is 29.6 Å². The second-order valence-electron chi connectivity index (χ2n) is 5.40. The molecule has 2 unspecified atom stereocenters. The largest absolute Gasteiger partial charge is 0.392 e. The molecule has 1 fully saturated rings. The maximum atomic E-state index is 13.3. The van der Waals surface area contributed by atoms with Crippen molar-refractivity contribution in [3.63, 3.8) is 0 Å². The molecule has 0 saturated heterocycles. The molecule has 0 spiro atoms. The molecule has 2 rings (SSSR count). The van der Waals surface area contributed by atoms with Crippen LogP contribution in [0.3, 0.4) is 0 Å². The van der Waals surface area contributed by atoms with Crippen LogP contribution in [0.4, 0.5) is 4.39 Å². The first kappa shape index (κ1) is 15.4. The van der Waals surface area contributed by atoms with Gasteiger partial charge >= 0.3 is 0 Å². The van der Waals surface area contributed by atoms with Crippen molar-refractivity contribution in [2.24, 2.45) is 5.92 Å². The predicted octanol–water partition coefficient (Wildman–Crippen LogP) is 2.18.